The predicted molar refractivity (Wildman–Crippen MR) is 65.0 cm³/mol. The quantitative estimate of drug-likeness (QED) is 0.805. The summed E-state index contributed by atoms with van der Waals surface area (Å²) < 4.78 is 0. The van der Waals surface area contributed by atoms with Gasteiger partial charge in [0.05, 0.1) is 5.69 Å². The summed E-state index contributed by atoms with van der Waals surface area (Å²) in [5.74, 6) is 1.28. The second kappa shape index (κ2) is 3.67. The van der Waals surface area contributed by atoms with Crippen molar-refractivity contribution in [2.24, 2.45) is 0 Å². The molecule has 16 heavy (non-hydrogen) atoms. The molecule has 1 heterocycles. The van der Waals surface area contributed by atoms with Crippen molar-refractivity contribution in [3.05, 3.63) is 35.9 Å². The number of hydrogen-bond donors (Lipinski definition) is 2. The van der Waals surface area contributed by atoms with Gasteiger partial charge in [-0.2, -0.15) is 5.10 Å². The Morgan fingerprint density at radius 3 is 2.69 bits per heavy atom. The smallest absolute Gasteiger partial charge is 0.145 e. The molecule has 0 saturated heterocycles. The van der Waals surface area contributed by atoms with Gasteiger partial charge in [-0.1, -0.05) is 30.7 Å². The van der Waals surface area contributed by atoms with Crippen molar-refractivity contribution in [2.45, 2.75) is 25.2 Å². The molecule has 0 spiro atoms. The molecule has 0 unspecified atom stereocenters. The van der Waals surface area contributed by atoms with E-state index in [0.717, 1.165) is 11.6 Å². The minimum Gasteiger partial charge on any atom is -0.382 e. The zero-order valence-electron chi connectivity index (χ0n) is 9.11. The van der Waals surface area contributed by atoms with E-state index in [9.17, 15) is 0 Å². The van der Waals surface area contributed by atoms with Crippen LogP contribution in [0.25, 0.3) is 11.3 Å². The Hall–Kier alpha value is -1.77. The minimum atomic E-state index is 0.554. The molecule has 0 aliphatic heterocycles. The number of H-pyrrole nitrogens is 1. The largest absolute Gasteiger partial charge is 0.382 e. The van der Waals surface area contributed by atoms with E-state index in [1.807, 2.05) is 6.07 Å². The fraction of sp³-hybridized carbons (Fsp3) is 0.308. The van der Waals surface area contributed by atoms with Gasteiger partial charge in [-0.3, -0.25) is 5.10 Å². The van der Waals surface area contributed by atoms with Crippen molar-refractivity contribution in [2.75, 3.05) is 5.73 Å². The highest BCUT2D eigenvalue weighted by atomic mass is 15.2. The SMILES string of the molecule is Nc1cc(-c2ccccc2C2CCC2)[nH]n1. The zero-order valence-corrected chi connectivity index (χ0v) is 9.11. The average Bonchev–Trinajstić information content (AvgIpc) is 2.63. The van der Waals surface area contributed by atoms with Crippen LogP contribution < -0.4 is 5.73 Å². The molecule has 3 nitrogen and oxygen atoms in total. The number of rotatable bonds is 2. The molecule has 1 aromatic heterocycles. The van der Waals surface area contributed by atoms with Crippen molar-refractivity contribution >= 4 is 5.82 Å². The third-order valence-electron chi connectivity index (χ3n) is 3.39. The number of hydrogen-bond acceptors (Lipinski definition) is 2. The van der Waals surface area contributed by atoms with Crippen LogP contribution in [0.4, 0.5) is 5.82 Å². The summed E-state index contributed by atoms with van der Waals surface area (Å²) >= 11 is 0. The van der Waals surface area contributed by atoms with Crippen LogP contribution in [0.2, 0.25) is 0 Å². The molecule has 1 aliphatic carbocycles. The molecule has 1 saturated carbocycles. The minimum absolute atomic E-state index is 0.554. The Balaban J connectivity index is 2.05. The second-order valence-corrected chi connectivity index (χ2v) is 4.42. The summed E-state index contributed by atoms with van der Waals surface area (Å²) in [6.45, 7) is 0. The topological polar surface area (TPSA) is 54.7 Å². The molecular formula is C13H15N3. The molecule has 82 valence electrons. The number of nitrogens with zero attached hydrogens (tertiary/aromatic N) is 1. The molecular weight excluding hydrogens is 198 g/mol. The Morgan fingerprint density at radius 2 is 2.06 bits per heavy atom. The van der Waals surface area contributed by atoms with E-state index in [2.05, 4.69) is 34.5 Å². The molecule has 3 heteroatoms. The van der Waals surface area contributed by atoms with E-state index in [1.54, 1.807) is 0 Å². The second-order valence-electron chi connectivity index (χ2n) is 4.42. The zero-order chi connectivity index (χ0) is 11.0. The maximum absolute atomic E-state index is 5.65. The monoisotopic (exact) mass is 213 g/mol. The van der Waals surface area contributed by atoms with Gasteiger partial charge in [-0.15, -0.1) is 0 Å². The van der Waals surface area contributed by atoms with Gasteiger partial charge in [-0.25, -0.2) is 0 Å². The van der Waals surface area contributed by atoms with Gasteiger partial charge in [-0.05, 0) is 24.3 Å². The van der Waals surface area contributed by atoms with Crippen molar-refractivity contribution in [1.29, 1.82) is 0 Å². The Bertz CT molecular complexity index is 497. The van der Waals surface area contributed by atoms with Crippen molar-refractivity contribution in [1.82, 2.24) is 10.2 Å². The molecule has 1 fully saturated rings. The molecule has 1 aromatic carbocycles. The maximum Gasteiger partial charge on any atom is 0.145 e. The summed E-state index contributed by atoms with van der Waals surface area (Å²) in [7, 11) is 0. The van der Waals surface area contributed by atoms with E-state index in [4.69, 9.17) is 5.73 Å². The molecule has 0 amide bonds. The fourth-order valence-electron chi connectivity index (χ4n) is 2.29. The number of nitrogens with one attached hydrogen (secondary N) is 1. The molecule has 3 N–H and O–H groups in total. The van der Waals surface area contributed by atoms with E-state index in [-0.39, 0.29) is 0 Å². The molecule has 3 rings (SSSR count). The number of anilines is 1. The van der Waals surface area contributed by atoms with E-state index in [0.29, 0.717) is 5.82 Å². The van der Waals surface area contributed by atoms with Crippen molar-refractivity contribution in [3.8, 4) is 11.3 Å². The first-order valence-electron chi connectivity index (χ1n) is 5.75. The average molecular weight is 213 g/mol. The number of aromatic amines is 1. The summed E-state index contributed by atoms with van der Waals surface area (Å²) in [4.78, 5) is 0. The molecule has 0 radical (unpaired) electrons. The number of benzene rings is 1. The molecule has 2 aromatic rings. The normalized spacial score (nSPS) is 16.0. The van der Waals surface area contributed by atoms with Crippen molar-refractivity contribution < 1.29 is 0 Å². The number of nitrogens with two attached hydrogens (primary N) is 1. The molecule has 0 atom stereocenters. The standard InChI is InChI=1S/C13H15N3/c14-13-8-12(15-16-13)11-7-2-1-6-10(11)9-4-3-5-9/h1-2,6-9H,3-5H2,(H3,14,15,16). The Labute approximate surface area is 94.7 Å². The van der Waals surface area contributed by atoms with Crippen LogP contribution in [-0.4, -0.2) is 10.2 Å². The van der Waals surface area contributed by atoms with Gasteiger partial charge in [0.15, 0.2) is 0 Å². The van der Waals surface area contributed by atoms with Crippen LogP contribution in [0.1, 0.15) is 30.7 Å². The maximum atomic E-state index is 5.65. The predicted octanol–water partition coefficient (Wildman–Crippen LogP) is 2.93. The highest BCUT2D eigenvalue weighted by Gasteiger charge is 2.22. The van der Waals surface area contributed by atoms with E-state index >= 15 is 0 Å². The van der Waals surface area contributed by atoms with Crippen LogP contribution >= 0.6 is 0 Å². The molecule has 0 bridgehead atoms. The lowest BCUT2D eigenvalue weighted by Gasteiger charge is -2.27. The summed E-state index contributed by atoms with van der Waals surface area (Å²) in [6, 6.07) is 10.4. The summed E-state index contributed by atoms with van der Waals surface area (Å²) in [5, 5.41) is 6.98. The van der Waals surface area contributed by atoms with E-state index < -0.39 is 0 Å². The summed E-state index contributed by atoms with van der Waals surface area (Å²) in [6.07, 6.45) is 3.96. The van der Waals surface area contributed by atoms with Crippen LogP contribution in [0.5, 0.6) is 0 Å². The van der Waals surface area contributed by atoms with Crippen LogP contribution in [0.3, 0.4) is 0 Å². The first-order valence-corrected chi connectivity index (χ1v) is 5.75. The lowest BCUT2D eigenvalue weighted by molar-refractivity contribution is 0.420. The summed E-state index contributed by atoms with van der Waals surface area (Å²) in [5.41, 5.74) is 9.35. The number of aromatic nitrogens is 2. The van der Waals surface area contributed by atoms with Gasteiger partial charge in [0.25, 0.3) is 0 Å². The number of nitrogen functional groups attached to an aromatic ring is 1. The first kappa shape index (κ1) is 9.46. The van der Waals surface area contributed by atoms with Crippen molar-refractivity contribution in [3.63, 3.8) is 0 Å². The third-order valence-corrected chi connectivity index (χ3v) is 3.39. The van der Waals surface area contributed by atoms with Gasteiger partial charge in [0, 0.05) is 11.6 Å². The van der Waals surface area contributed by atoms with Gasteiger partial charge in [0.2, 0.25) is 0 Å². The van der Waals surface area contributed by atoms with Gasteiger partial charge >= 0.3 is 0 Å². The van der Waals surface area contributed by atoms with Gasteiger partial charge < -0.3 is 5.73 Å². The highest BCUT2D eigenvalue weighted by Crippen LogP contribution is 2.40. The Kier molecular flexibility index (Phi) is 2.17. The highest BCUT2D eigenvalue weighted by molar-refractivity contribution is 5.66. The van der Waals surface area contributed by atoms with Crippen LogP contribution in [0, 0.1) is 0 Å². The Morgan fingerprint density at radius 1 is 1.25 bits per heavy atom. The molecule has 1 aliphatic rings. The lowest BCUT2D eigenvalue weighted by Crippen LogP contribution is -2.09. The lowest BCUT2D eigenvalue weighted by atomic mass is 9.78. The van der Waals surface area contributed by atoms with Crippen LogP contribution in [0.15, 0.2) is 30.3 Å². The third kappa shape index (κ3) is 1.48. The van der Waals surface area contributed by atoms with Gasteiger partial charge in [0.1, 0.15) is 5.82 Å². The fourth-order valence-corrected chi connectivity index (χ4v) is 2.29. The van der Waals surface area contributed by atoms with Crippen LogP contribution in [-0.2, 0) is 0 Å². The first-order chi connectivity index (χ1) is 7.84. The van der Waals surface area contributed by atoms with E-state index in [1.165, 1.54) is 30.4 Å².